The van der Waals surface area contributed by atoms with Crippen molar-refractivity contribution in [1.29, 1.82) is 0 Å². The first-order valence-corrected chi connectivity index (χ1v) is 10.4. The van der Waals surface area contributed by atoms with Gasteiger partial charge in [0.05, 0.1) is 6.10 Å². The predicted octanol–water partition coefficient (Wildman–Crippen LogP) is 4.02. The first-order valence-electron chi connectivity index (χ1n) is 10.4. The summed E-state index contributed by atoms with van der Waals surface area (Å²) in [5.41, 5.74) is 2.48. The Morgan fingerprint density at radius 1 is 1.20 bits per heavy atom. The molecule has 2 heterocycles. The average molecular weight is 406 g/mol. The summed E-state index contributed by atoms with van der Waals surface area (Å²) in [5, 5.41) is 2.85. The van der Waals surface area contributed by atoms with Gasteiger partial charge in [-0.3, -0.25) is 9.59 Å². The lowest BCUT2D eigenvalue weighted by molar-refractivity contribution is -0.117. The molecule has 2 aromatic rings. The highest BCUT2D eigenvalue weighted by Crippen LogP contribution is 2.22. The molecule has 1 unspecified atom stereocenters. The van der Waals surface area contributed by atoms with Crippen molar-refractivity contribution in [2.24, 2.45) is 0 Å². The van der Waals surface area contributed by atoms with Crippen LogP contribution in [-0.2, 0) is 14.3 Å². The summed E-state index contributed by atoms with van der Waals surface area (Å²) in [5.74, 6) is 0.657. The molecule has 4 rings (SSSR count). The quantitative estimate of drug-likeness (QED) is 0.705. The van der Waals surface area contributed by atoms with Crippen LogP contribution in [0.15, 0.2) is 54.6 Å². The van der Waals surface area contributed by atoms with Crippen molar-refractivity contribution in [3.63, 3.8) is 0 Å². The number of benzene rings is 2. The molecule has 30 heavy (non-hydrogen) atoms. The summed E-state index contributed by atoms with van der Waals surface area (Å²) in [4.78, 5) is 25.9. The van der Waals surface area contributed by atoms with Crippen LogP contribution in [0.25, 0.3) is 6.08 Å². The van der Waals surface area contributed by atoms with Gasteiger partial charge >= 0.3 is 0 Å². The highest BCUT2D eigenvalue weighted by atomic mass is 16.5. The van der Waals surface area contributed by atoms with Crippen molar-refractivity contribution in [3.8, 4) is 5.75 Å². The number of carbonyl (C=O) groups is 2. The zero-order chi connectivity index (χ0) is 20.8. The van der Waals surface area contributed by atoms with Gasteiger partial charge in [0.1, 0.15) is 12.4 Å². The van der Waals surface area contributed by atoms with E-state index in [-0.39, 0.29) is 17.9 Å². The second kappa shape index (κ2) is 9.59. The smallest absolute Gasteiger partial charge is 0.248 e. The third-order valence-electron chi connectivity index (χ3n) is 5.27. The van der Waals surface area contributed by atoms with Crippen LogP contribution >= 0.6 is 0 Å². The number of nitrogens with one attached hydrogen (secondary N) is 1. The van der Waals surface area contributed by atoms with E-state index in [0.29, 0.717) is 24.5 Å². The van der Waals surface area contributed by atoms with Crippen LogP contribution in [0.4, 0.5) is 11.4 Å². The maximum absolute atomic E-state index is 12.3. The molecule has 6 heteroatoms. The summed E-state index contributed by atoms with van der Waals surface area (Å²) in [6.45, 7) is 2.10. The number of ether oxygens (including phenoxy) is 2. The van der Waals surface area contributed by atoms with E-state index in [9.17, 15) is 9.59 Å². The zero-order valence-electron chi connectivity index (χ0n) is 16.9. The maximum atomic E-state index is 12.3. The molecule has 0 bridgehead atoms. The van der Waals surface area contributed by atoms with Crippen LogP contribution in [0, 0.1) is 0 Å². The number of hydrogen-bond donors (Lipinski definition) is 1. The van der Waals surface area contributed by atoms with E-state index in [4.69, 9.17) is 9.47 Å². The molecule has 1 N–H and O–H groups in total. The van der Waals surface area contributed by atoms with Crippen LogP contribution in [0.3, 0.4) is 0 Å². The molecule has 1 atom stereocenters. The summed E-state index contributed by atoms with van der Waals surface area (Å²) >= 11 is 0. The van der Waals surface area contributed by atoms with Gasteiger partial charge in [0, 0.05) is 43.1 Å². The first-order chi connectivity index (χ1) is 14.7. The Hall–Kier alpha value is -3.12. The van der Waals surface area contributed by atoms with Gasteiger partial charge < -0.3 is 19.7 Å². The van der Waals surface area contributed by atoms with E-state index in [1.54, 1.807) is 11.0 Å². The number of anilines is 2. The van der Waals surface area contributed by atoms with Gasteiger partial charge in [0.25, 0.3) is 0 Å². The molecule has 2 amide bonds. The zero-order valence-corrected chi connectivity index (χ0v) is 16.9. The minimum absolute atomic E-state index is 0.154. The lowest BCUT2D eigenvalue weighted by Gasteiger charge is -2.15. The minimum Gasteiger partial charge on any atom is -0.491 e. The average Bonchev–Trinajstić information content (AvgIpc) is 3.43. The van der Waals surface area contributed by atoms with E-state index in [1.165, 1.54) is 6.08 Å². The van der Waals surface area contributed by atoms with E-state index in [2.05, 4.69) is 5.32 Å². The van der Waals surface area contributed by atoms with Gasteiger partial charge in [-0.25, -0.2) is 0 Å². The van der Waals surface area contributed by atoms with Gasteiger partial charge in [0.2, 0.25) is 11.8 Å². The molecule has 2 aromatic carbocycles. The van der Waals surface area contributed by atoms with Crippen LogP contribution in [-0.4, -0.2) is 37.7 Å². The second-order valence-electron chi connectivity index (χ2n) is 7.54. The second-order valence-corrected chi connectivity index (χ2v) is 7.54. The molecule has 2 fully saturated rings. The van der Waals surface area contributed by atoms with E-state index in [0.717, 1.165) is 43.7 Å². The fourth-order valence-electron chi connectivity index (χ4n) is 3.67. The molecule has 2 saturated heterocycles. The maximum Gasteiger partial charge on any atom is 0.248 e. The van der Waals surface area contributed by atoms with Crippen LogP contribution < -0.4 is 15.0 Å². The van der Waals surface area contributed by atoms with Gasteiger partial charge in [-0.05, 0) is 55.2 Å². The Morgan fingerprint density at radius 2 is 2.07 bits per heavy atom. The fourth-order valence-corrected chi connectivity index (χ4v) is 3.67. The van der Waals surface area contributed by atoms with Crippen molar-refractivity contribution < 1.29 is 19.1 Å². The highest BCUT2D eigenvalue weighted by Gasteiger charge is 2.21. The highest BCUT2D eigenvalue weighted by molar-refractivity contribution is 6.02. The van der Waals surface area contributed by atoms with Crippen molar-refractivity contribution >= 4 is 29.3 Å². The van der Waals surface area contributed by atoms with Crippen molar-refractivity contribution in [2.75, 3.05) is 30.0 Å². The van der Waals surface area contributed by atoms with E-state index >= 15 is 0 Å². The Kier molecular flexibility index (Phi) is 6.44. The largest absolute Gasteiger partial charge is 0.491 e. The van der Waals surface area contributed by atoms with Gasteiger partial charge in [-0.2, -0.15) is 0 Å². The normalized spacial score (nSPS) is 18.9. The number of rotatable bonds is 7. The number of nitrogens with zero attached hydrogens (tertiary/aromatic N) is 1. The molecule has 0 aliphatic carbocycles. The molecule has 0 spiro atoms. The Labute approximate surface area is 176 Å². The number of carbonyl (C=O) groups excluding carboxylic acids is 2. The third kappa shape index (κ3) is 5.27. The van der Waals surface area contributed by atoms with Crippen molar-refractivity contribution in [1.82, 2.24) is 0 Å². The predicted molar refractivity (Wildman–Crippen MR) is 117 cm³/mol. The first kappa shape index (κ1) is 20.2. The molecule has 2 aliphatic heterocycles. The summed E-state index contributed by atoms with van der Waals surface area (Å²) in [6, 6.07) is 15.0. The lowest BCUT2D eigenvalue weighted by Crippen LogP contribution is -2.23. The monoisotopic (exact) mass is 406 g/mol. The Morgan fingerprint density at radius 3 is 2.80 bits per heavy atom. The molecular weight excluding hydrogens is 380 g/mol. The molecule has 0 aromatic heterocycles. The van der Waals surface area contributed by atoms with Crippen LogP contribution in [0.5, 0.6) is 5.75 Å². The van der Waals surface area contributed by atoms with Crippen molar-refractivity contribution in [3.05, 3.63) is 60.2 Å². The molecule has 2 aliphatic rings. The van der Waals surface area contributed by atoms with Gasteiger partial charge in [-0.15, -0.1) is 0 Å². The topological polar surface area (TPSA) is 67.9 Å². The molecule has 0 saturated carbocycles. The molecule has 6 nitrogen and oxygen atoms in total. The lowest BCUT2D eigenvalue weighted by atomic mass is 10.2. The fraction of sp³-hybridized carbons (Fsp3) is 0.333. The molecular formula is C24H26N2O4. The minimum atomic E-state index is -0.218. The van der Waals surface area contributed by atoms with Gasteiger partial charge in [0.15, 0.2) is 0 Å². The SMILES string of the molecule is O=C(/C=C/c1ccc(N2CCCC2=O)cc1)Nc1cccc(OCC2CCCO2)c1. The Bertz CT molecular complexity index is 917. The standard InChI is InChI=1S/C24H26N2O4/c27-23(13-10-18-8-11-20(12-9-18)26-14-2-7-24(26)28)25-19-4-1-5-21(16-19)30-17-22-6-3-15-29-22/h1,4-5,8-13,16,22H,2-3,6-7,14-15,17H2,(H,25,27)/b13-10+. The van der Waals surface area contributed by atoms with E-state index < -0.39 is 0 Å². The Balaban J connectivity index is 1.30. The van der Waals surface area contributed by atoms with Gasteiger partial charge in [-0.1, -0.05) is 18.2 Å². The number of amides is 2. The van der Waals surface area contributed by atoms with Crippen LogP contribution in [0.2, 0.25) is 0 Å². The third-order valence-corrected chi connectivity index (χ3v) is 5.27. The summed E-state index contributed by atoms with van der Waals surface area (Å²) in [7, 11) is 0. The molecule has 0 radical (unpaired) electrons. The number of hydrogen-bond acceptors (Lipinski definition) is 4. The van der Waals surface area contributed by atoms with E-state index in [1.807, 2.05) is 48.5 Å². The van der Waals surface area contributed by atoms with Crippen LogP contribution in [0.1, 0.15) is 31.2 Å². The summed E-state index contributed by atoms with van der Waals surface area (Å²) < 4.78 is 11.3. The molecule has 156 valence electrons. The van der Waals surface area contributed by atoms with Crippen molar-refractivity contribution in [2.45, 2.75) is 31.8 Å². The summed E-state index contributed by atoms with van der Waals surface area (Å²) in [6.07, 6.45) is 7.02.